The molecule has 0 aromatic heterocycles. The summed E-state index contributed by atoms with van der Waals surface area (Å²) in [6, 6.07) is 40.7. The first-order valence-corrected chi connectivity index (χ1v) is 26.2. The average Bonchev–Trinajstić information content (AvgIpc) is 4.01. The standard InChI is InChI=1S/C33H21.C13H22P.Fe/c1-2-10-22(9-1)27-14-7-8-16-29(27)33-28-15-6-5-13-25(28)21-32-30(33)18-17-26-19-23-11-3-4-12-24(23)20-31(26)32;1-12(2,3)14(13(4,5)6)11-9-7-8-10-11;/h1-21H;7-10H,1-6H3;. The van der Waals surface area contributed by atoms with Crippen LogP contribution in [0.4, 0.5) is 0 Å². The Kier molecular flexibility index (Phi) is 2.06. The normalized spacial score (nSPS) is 52.6. The zero-order valence-corrected chi connectivity index (χ0v) is 30.7. The summed E-state index contributed by atoms with van der Waals surface area (Å²) in [5, 5.41) is 12.0. The van der Waals surface area contributed by atoms with Crippen LogP contribution in [0.5, 0.6) is 0 Å². The zero-order chi connectivity index (χ0) is 31.9. The van der Waals surface area contributed by atoms with Crippen molar-refractivity contribution in [2.24, 2.45) is 0 Å². The minimum atomic E-state index is -3.91. The first kappa shape index (κ1) is 24.5. The van der Waals surface area contributed by atoms with Crippen LogP contribution in [0.3, 0.4) is 0 Å². The predicted molar refractivity (Wildman–Crippen MR) is 203 cm³/mol. The summed E-state index contributed by atoms with van der Waals surface area (Å²) < 4.78 is 1.52. The van der Waals surface area contributed by atoms with Crippen molar-refractivity contribution in [3.8, 4) is 11.1 Å². The van der Waals surface area contributed by atoms with E-state index in [0.717, 1.165) is 4.05 Å². The van der Waals surface area contributed by atoms with Gasteiger partial charge in [-0.25, -0.2) is 0 Å². The number of fused-ring (bicyclic) bond motifs is 15. The van der Waals surface area contributed by atoms with Crippen molar-refractivity contribution in [1.82, 2.24) is 0 Å². The summed E-state index contributed by atoms with van der Waals surface area (Å²) in [6.07, 6.45) is 0. The molecule has 240 valence electrons. The third kappa shape index (κ3) is 0.751. The molecule has 0 amide bonds. The second-order valence-electron chi connectivity index (χ2n) is 22.0. The van der Waals surface area contributed by atoms with Crippen LogP contribution in [-0.4, -0.2) is 14.4 Å². The second kappa shape index (κ2) is 4.05. The Labute approximate surface area is 274 Å². The van der Waals surface area contributed by atoms with Gasteiger partial charge in [0.25, 0.3) is 0 Å². The van der Waals surface area contributed by atoms with Crippen molar-refractivity contribution in [3.05, 3.63) is 109 Å². The van der Waals surface area contributed by atoms with Gasteiger partial charge in [0.2, 0.25) is 0 Å². The van der Waals surface area contributed by atoms with Gasteiger partial charge in [-0.3, -0.25) is 0 Å². The van der Waals surface area contributed by atoms with Gasteiger partial charge in [0.15, 0.2) is 0 Å². The van der Waals surface area contributed by atoms with E-state index in [0.29, 0.717) is 14.6 Å². The Morgan fingerprint density at radius 1 is 0.500 bits per heavy atom. The van der Waals surface area contributed by atoms with Crippen molar-refractivity contribution < 1.29 is 6.51 Å². The summed E-state index contributed by atoms with van der Waals surface area (Å²) in [5.41, 5.74) is 5.04. The van der Waals surface area contributed by atoms with Gasteiger partial charge < -0.3 is 0 Å². The molecule has 10 aliphatic heterocycles. The van der Waals surface area contributed by atoms with E-state index in [4.69, 9.17) is 0 Å². The third-order valence-corrected chi connectivity index (χ3v) is 73.5. The topological polar surface area (TPSA) is 0 Å². The van der Waals surface area contributed by atoms with Crippen LogP contribution in [0.25, 0.3) is 54.2 Å². The molecule has 0 bridgehead atoms. The molecule has 0 nitrogen and oxygen atoms in total. The summed E-state index contributed by atoms with van der Waals surface area (Å²) >= 11 is 0. The Bertz CT molecular complexity index is 3100. The second-order valence-corrected chi connectivity index (χ2v) is 49.7. The summed E-state index contributed by atoms with van der Waals surface area (Å²) in [6.45, 7) is 12.1. The van der Waals surface area contributed by atoms with Gasteiger partial charge in [-0.05, 0) is 0 Å². The molecule has 10 aliphatic rings. The van der Waals surface area contributed by atoms with Gasteiger partial charge in [0.05, 0.1) is 0 Å². The molecule has 10 heterocycles. The van der Waals surface area contributed by atoms with E-state index in [1.807, 2.05) is 5.56 Å². The molecule has 0 radical (unpaired) electrons. The predicted octanol–water partition coefficient (Wildman–Crippen LogP) is 13.7. The molecular formula is C46H43FeP. The van der Waals surface area contributed by atoms with Crippen LogP contribution in [0.2, 0.25) is 38.5 Å². The maximum atomic E-state index is 2.73. The molecule has 10 saturated heterocycles. The van der Waals surface area contributed by atoms with E-state index in [1.54, 1.807) is 5.56 Å². The van der Waals surface area contributed by atoms with Gasteiger partial charge >= 0.3 is 276 Å². The van der Waals surface area contributed by atoms with E-state index in [-0.39, 0.29) is 7.92 Å². The Morgan fingerprint density at radius 3 is 1.69 bits per heavy atom. The molecule has 6 aromatic carbocycles. The molecule has 1 spiro atoms. The fraction of sp³-hybridized carbons (Fsp3) is 0.391. The van der Waals surface area contributed by atoms with Crippen LogP contribution in [-0.2, 0) is 10.8 Å². The van der Waals surface area contributed by atoms with Crippen LogP contribution in [0.15, 0.2) is 103 Å². The first-order chi connectivity index (χ1) is 22.8. The van der Waals surface area contributed by atoms with Crippen molar-refractivity contribution in [2.45, 2.75) is 98.8 Å². The van der Waals surface area contributed by atoms with Crippen molar-refractivity contribution in [3.63, 3.8) is 0 Å². The SMILES string of the molecule is CC(C)(C)P(C(C)(C)C)[C]12[CH]3[CH]4[CH]5[CH]1[Fe]45321678[CH]2[CH]1[CH]6[C]7(c1ccccc1-c1c3ccccc3cc3c1ccc1cc4ccccc4cc13)[CH]28. The van der Waals surface area contributed by atoms with Gasteiger partial charge in [-0.2, -0.15) is 0 Å². The van der Waals surface area contributed by atoms with Crippen molar-refractivity contribution in [1.29, 1.82) is 0 Å². The average molecular weight is 683 g/mol. The van der Waals surface area contributed by atoms with Gasteiger partial charge in [0, 0.05) is 0 Å². The molecule has 0 N–H and O–H groups in total. The Balaban J connectivity index is 1.02. The van der Waals surface area contributed by atoms with E-state index < -0.39 is 6.51 Å². The molecule has 48 heavy (non-hydrogen) atoms. The fourth-order valence-corrected chi connectivity index (χ4v) is 118. The summed E-state index contributed by atoms with van der Waals surface area (Å²) in [4.78, 5) is 10.00. The van der Waals surface area contributed by atoms with Crippen LogP contribution < -0.4 is 0 Å². The van der Waals surface area contributed by atoms with E-state index in [9.17, 15) is 0 Å². The molecule has 8 unspecified atom stereocenters. The van der Waals surface area contributed by atoms with Gasteiger partial charge in [0.1, 0.15) is 0 Å². The number of rotatable bonds is 3. The van der Waals surface area contributed by atoms with Gasteiger partial charge in [-0.1, -0.05) is 0 Å². The molecule has 6 aromatic rings. The van der Waals surface area contributed by atoms with E-state index in [2.05, 4.69) is 145 Å². The van der Waals surface area contributed by atoms with Crippen LogP contribution in [0, 0.1) is 0 Å². The number of hydrogen-bond acceptors (Lipinski definition) is 0. The Hall–Kier alpha value is -2.69. The van der Waals surface area contributed by atoms with E-state index >= 15 is 0 Å². The molecule has 10 fully saturated rings. The van der Waals surface area contributed by atoms with Gasteiger partial charge in [-0.15, -0.1) is 0 Å². The number of benzene rings is 6. The molecule has 2 heteroatoms. The molecule has 8 atom stereocenters. The fourth-order valence-electron chi connectivity index (χ4n) is 24.7. The summed E-state index contributed by atoms with van der Waals surface area (Å²) in [7, 11) is -0.0375. The maximum absolute atomic E-state index is 3.91. The Morgan fingerprint density at radius 2 is 1.04 bits per heavy atom. The van der Waals surface area contributed by atoms with E-state index in [1.165, 1.54) is 87.2 Å². The third-order valence-electron chi connectivity index (χ3n) is 22.8. The zero-order valence-electron chi connectivity index (χ0n) is 28.7. The molecule has 0 aliphatic carbocycles. The van der Waals surface area contributed by atoms with Crippen molar-refractivity contribution in [2.75, 3.05) is 0 Å². The minimum absolute atomic E-state index is 0.0375. The monoisotopic (exact) mass is 682 g/mol. The van der Waals surface area contributed by atoms with Crippen molar-refractivity contribution >= 4 is 51.0 Å². The molecule has 0 saturated carbocycles. The first-order valence-electron chi connectivity index (χ1n) is 18.7. The summed E-state index contributed by atoms with van der Waals surface area (Å²) in [5.74, 6) is 0. The quantitative estimate of drug-likeness (QED) is 0.0754. The molecular weight excluding hydrogens is 639 g/mol. The number of hydrogen-bond donors (Lipinski definition) is 0. The van der Waals surface area contributed by atoms with Crippen LogP contribution in [0.1, 0.15) is 47.1 Å². The van der Waals surface area contributed by atoms with Crippen LogP contribution >= 0.6 is 7.92 Å². The molecule has 16 rings (SSSR count).